The van der Waals surface area contributed by atoms with Crippen LogP contribution in [0.4, 0.5) is 0 Å². The van der Waals surface area contributed by atoms with Crippen molar-refractivity contribution in [2.24, 2.45) is 7.05 Å². The number of aromatic amines is 1. The van der Waals surface area contributed by atoms with Crippen LogP contribution in [0.15, 0.2) is 6.07 Å². The minimum Gasteiger partial charge on any atom is -0.266 e. The van der Waals surface area contributed by atoms with Gasteiger partial charge in [0.25, 0.3) is 0 Å². The van der Waals surface area contributed by atoms with Crippen molar-refractivity contribution < 1.29 is 0 Å². The summed E-state index contributed by atoms with van der Waals surface area (Å²) in [4.78, 5) is 0. The van der Waals surface area contributed by atoms with Crippen LogP contribution in [0, 0.1) is 13.8 Å². The van der Waals surface area contributed by atoms with E-state index in [1.165, 1.54) is 0 Å². The zero-order chi connectivity index (χ0) is 9.42. The van der Waals surface area contributed by atoms with E-state index in [0.717, 1.165) is 22.8 Å². The molecule has 0 aliphatic carbocycles. The van der Waals surface area contributed by atoms with Crippen LogP contribution >= 0.6 is 0 Å². The Labute approximate surface area is 75.8 Å². The number of aromatic nitrogens is 5. The SMILES string of the molecule is Cc1cc(-c2n[nH]nc2C)n(C)n1. The lowest BCUT2D eigenvalue weighted by atomic mass is 10.2. The van der Waals surface area contributed by atoms with E-state index in [2.05, 4.69) is 20.5 Å². The Morgan fingerprint density at radius 1 is 1.31 bits per heavy atom. The second kappa shape index (κ2) is 2.69. The maximum atomic E-state index is 4.24. The molecule has 0 radical (unpaired) electrons. The van der Waals surface area contributed by atoms with Crippen LogP contribution in [0.3, 0.4) is 0 Å². The molecular formula is C8H11N5. The van der Waals surface area contributed by atoms with Crippen molar-refractivity contribution in [3.05, 3.63) is 17.5 Å². The molecule has 2 aromatic heterocycles. The fourth-order valence-corrected chi connectivity index (χ4v) is 1.36. The van der Waals surface area contributed by atoms with Crippen molar-refractivity contribution in [2.45, 2.75) is 13.8 Å². The van der Waals surface area contributed by atoms with Crippen LogP contribution in [0.2, 0.25) is 0 Å². The predicted octanol–water partition coefficient (Wildman–Crippen LogP) is 0.822. The summed E-state index contributed by atoms with van der Waals surface area (Å²) in [7, 11) is 1.90. The van der Waals surface area contributed by atoms with Gasteiger partial charge >= 0.3 is 0 Å². The van der Waals surface area contributed by atoms with Crippen LogP contribution in [-0.4, -0.2) is 25.2 Å². The Bertz CT molecular complexity index is 425. The van der Waals surface area contributed by atoms with E-state index in [-0.39, 0.29) is 0 Å². The normalized spacial score (nSPS) is 10.7. The van der Waals surface area contributed by atoms with Gasteiger partial charge in [0.2, 0.25) is 0 Å². The van der Waals surface area contributed by atoms with Crippen LogP contribution < -0.4 is 0 Å². The molecule has 0 saturated carbocycles. The third kappa shape index (κ3) is 1.22. The number of hydrogen-bond donors (Lipinski definition) is 1. The van der Waals surface area contributed by atoms with Crippen LogP contribution in [-0.2, 0) is 7.05 Å². The second-order valence-electron chi connectivity index (χ2n) is 3.05. The molecule has 5 nitrogen and oxygen atoms in total. The summed E-state index contributed by atoms with van der Waals surface area (Å²) in [6.45, 7) is 3.88. The average Bonchev–Trinajstić information content (AvgIpc) is 2.58. The van der Waals surface area contributed by atoms with Crippen molar-refractivity contribution >= 4 is 0 Å². The van der Waals surface area contributed by atoms with E-state index in [1.54, 1.807) is 4.68 Å². The molecule has 0 aliphatic rings. The van der Waals surface area contributed by atoms with Crippen molar-refractivity contribution in [2.75, 3.05) is 0 Å². The standard InChI is InChI=1S/C8H11N5/c1-5-4-7(13(3)11-5)8-6(2)9-12-10-8/h4H,1-3H3,(H,9,10,12). The molecule has 68 valence electrons. The summed E-state index contributed by atoms with van der Waals surface area (Å²) < 4.78 is 1.81. The Kier molecular flexibility index (Phi) is 1.65. The zero-order valence-electron chi connectivity index (χ0n) is 7.87. The summed E-state index contributed by atoms with van der Waals surface area (Å²) in [5, 5.41) is 14.9. The van der Waals surface area contributed by atoms with Crippen molar-refractivity contribution in [1.82, 2.24) is 25.2 Å². The molecule has 0 aliphatic heterocycles. The van der Waals surface area contributed by atoms with Gasteiger partial charge in [-0.1, -0.05) is 0 Å². The maximum Gasteiger partial charge on any atom is 0.133 e. The van der Waals surface area contributed by atoms with Gasteiger partial charge in [-0.2, -0.15) is 20.5 Å². The predicted molar refractivity (Wildman–Crippen MR) is 48.1 cm³/mol. The third-order valence-corrected chi connectivity index (χ3v) is 1.97. The zero-order valence-corrected chi connectivity index (χ0v) is 7.87. The van der Waals surface area contributed by atoms with Crippen LogP contribution in [0.1, 0.15) is 11.4 Å². The first-order valence-electron chi connectivity index (χ1n) is 4.07. The molecule has 2 rings (SSSR count). The van der Waals surface area contributed by atoms with Gasteiger partial charge < -0.3 is 0 Å². The monoisotopic (exact) mass is 177 g/mol. The minimum atomic E-state index is 0.864. The molecule has 0 atom stereocenters. The van der Waals surface area contributed by atoms with Gasteiger partial charge in [-0.3, -0.25) is 4.68 Å². The first-order valence-corrected chi connectivity index (χ1v) is 4.07. The quantitative estimate of drug-likeness (QED) is 0.701. The fourth-order valence-electron chi connectivity index (χ4n) is 1.36. The molecule has 0 amide bonds. The topological polar surface area (TPSA) is 59.4 Å². The van der Waals surface area contributed by atoms with Crippen molar-refractivity contribution in [3.63, 3.8) is 0 Å². The number of H-pyrrole nitrogens is 1. The summed E-state index contributed by atoms with van der Waals surface area (Å²) in [5.41, 5.74) is 3.73. The van der Waals surface area contributed by atoms with Crippen molar-refractivity contribution in [3.8, 4) is 11.4 Å². The number of nitrogens with zero attached hydrogens (tertiary/aromatic N) is 4. The molecule has 0 bridgehead atoms. The smallest absolute Gasteiger partial charge is 0.133 e. The number of hydrogen-bond acceptors (Lipinski definition) is 3. The molecule has 0 spiro atoms. The highest BCUT2D eigenvalue weighted by Gasteiger charge is 2.10. The molecule has 5 heteroatoms. The molecular weight excluding hydrogens is 166 g/mol. The fraction of sp³-hybridized carbons (Fsp3) is 0.375. The highest BCUT2D eigenvalue weighted by Crippen LogP contribution is 2.18. The van der Waals surface area contributed by atoms with Gasteiger partial charge in [-0.15, -0.1) is 0 Å². The summed E-state index contributed by atoms with van der Waals surface area (Å²) in [6, 6.07) is 1.99. The minimum absolute atomic E-state index is 0.864. The summed E-state index contributed by atoms with van der Waals surface area (Å²) >= 11 is 0. The van der Waals surface area contributed by atoms with Gasteiger partial charge in [-0.05, 0) is 19.9 Å². The van der Waals surface area contributed by atoms with Gasteiger partial charge in [0, 0.05) is 7.05 Å². The van der Waals surface area contributed by atoms with Gasteiger partial charge in [0.1, 0.15) is 5.69 Å². The molecule has 1 N–H and O–H groups in total. The lowest BCUT2D eigenvalue weighted by Crippen LogP contribution is -1.94. The van der Waals surface area contributed by atoms with E-state index >= 15 is 0 Å². The third-order valence-electron chi connectivity index (χ3n) is 1.97. The van der Waals surface area contributed by atoms with Crippen LogP contribution in [0.5, 0.6) is 0 Å². The lowest BCUT2D eigenvalue weighted by Gasteiger charge is -1.96. The molecule has 0 aromatic carbocycles. The number of nitrogens with one attached hydrogen (secondary N) is 1. The Hall–Kier alpha value is -1.65. The molecule has 0 unspecified atom stereocenters. The second-order valence-corrected chi connectivity index (χ2v) is 3.05. The van der Waals surface area contributed by atoms with E-state index in [9.17, 15) is 0 Å². The first kappa shape index (κ1) is 7.97. The largest absolute Gasteiger partial charge is 0.266 e. The number of rotatable bonds is 1. The maximum absolute atomic E-state index is 4.24. The van der Waals surface area contributed by atoms with Gasteiger partial charge in [0.05, 0.1) is 17.1 Å². The summed E-state index contributed by atoms with van der Waals surface area (Å²) in [6.07, 6.45) is 0. The average molecular weight is 177 g/mol. The molecule has 2 heterocycles. The van der Waals surface area contributed by atoms with Gasteiger partial charge in [-0.25, -0.2) is 0 Å². The Morgan fingerprint density at radius 3 is 2.54 bits per heavy atom. The van der Waals surface area contributed by atoms with Crippen molar-refractivity contribution in [1.29, 1.82) is 0 Å². The number of aryl methyl sites for hydroxylation is 3. The van der Waals surface area contributed by atoms with E-state index in [4.69, 9.17) is 0 Å². The Balaban J connectivity index is 2.58. The molecule has 2 aromatic rings. The molecule has 0 saturated heterocycles. The highest BCUT2D eigenvalue weighted by atomic mass is 15.3. The lowest BCUT2D eigenvalue weighted by molar-refractivity contribution is 0.761. The molecule has 0 fully saturated rings. The first-order chi connectivity index (χ1) is 6.18. The highest BCUT2D eigenvalue weighted by molar-refractivity contribution is 5.56. The van der Waals surface area contributed by atoms with E-state index in [0.29, 0.717) is 0 Å². The van der Waals surface area contributed by atoms with Crippen LogP contribution in [0.25, 0.3) is 11.4 Å². The van der Waals surface area contributed by atoms with Gasteiger partial charge in [0.15, 0.2) is 0 Å². The Morgan fingerprint density at radius 2 is 2.08 bits per heavy atom. The van der Waals surface area contributed by atoms with E-state index < -0.39 is 0 Å². The molecule has 13 heavy (non-hydrogen) atoms. The summed E-state index contributed by atoms with van der Waals surface area (Å²) in [5.74, 6) is 0. The van der Waals surface area contributed by atoms with E-state index in [1.807, 2.05) is 27.0 Å².